The highest BCUT2D eigenvalue weighted by Crippen LogP contribution is 2.20. The molecule has 0 aliphatic heterocycles. The van der Waals surface area contributed by atoms with E-state index < -0.39 is 0 Å². The molecule has 0 fully saturated rings. The minimum atomic E-state index is -0.358. The summed E-state index contributed by atoms with van der Waals surface area (Å²) >= 11 is 5.97. The number of rotatable bonds is 8. The molecule has 124 valence electrons. The van der Waals surface area contributed by atoms with E-state index in [1.807, 2.05) is 31.2 Å². The van der Waals surface area contributed by atoms with Gasteiger partial charge in [0.15, 0.2) is 0 Å². The number of ether oxygens (including phenoxy) is 1. The number of aliphatic hydroxyl groups excluding tert-OH is 1. The summed E-state index contributed by atoms with van der Waals surface area (Å²) in [6.45, 7) is 3.16. The lowest BCUT2D eigenvalue weighted by Crippen LogP contribution is -2.31. The lowest BCUT2D eigenvalue weighted by Gasteiger charge is -2.14. The fourth-order valence-electron chi connectivity index (χ4n) is 2.10. The molecule has 1 unspecified atom stereocenters. The third-order valence-electron chi connectivity index (χ3n) is 3.64. The minimum absolute atomic E-state index is 0.117. The molecule has 5 heteroatoms. The summed E-state index contributed by atoms with van der Waals surface area (Å²) in [5, 5.41) is 12.8. The van der Waals surface area contributed by atoms with Crippen LogP contribution in [0.1, 0.15) is 24.5 Å². The first-order chi connectivity index (χ1) is 11.1. The molecule has 2 aromatic carbocycles. The van der Waals surface area contributed by atoms with Crippen LogP contribution in [-0.2, 0) is 13.2 Å². The smallest absolute Gasteiger partial charge is 0.124 e. The standard InChI is InChI=1S/C18H21ClFNO2/c1-2-16(11-22)21-10-13-3-7-17(8-4-13)23-12-14-5-6-15(20)9-18(14)19/h3-9,16,21-22H,2,10-12H2,1H3. The predicted molar refractivity (Wildman–Crippen MR) is 90.2 cm³/mol. The molecule has 0 aromatic heterocycles. The van der Waals surface area contributed by atoms with Crippen LogP contribution in [0, 0.1) is 5.82 Å². The maximum absolute atomic E-state index is 13.0. The first-order valence-electron chi connectivity index (χ1n) is 7.62. The molecule has 1 atom stereocenters. The number of hydrogen-bond donors (Lipinski definition) is 2. The number of nitrogens with one attached hydrogen (secondary N) is 1. The van der Waals surface area contributed by atoms with E-state index in [1.165, 1.54) is 12.1 Å². The van der Waals surface area contributed by atoms with E-state index in [0.717, 1.165) is 23.3 Å². The Bertz CT molecular complexity index is 615. The molecule has 0 aliphatic carbocycles. The van der Waals surface area contributed by atoms with E-state index in [2.05, 4.69) is 5.32 Å². The normalized spacial score (nSPS) is 12.2. The number of aliphatic hydroxyl groups is 1. The minimum Gasteiger partial charge on any atom is -0.489 e. The summed E-state index contributed by atoms with van der Waals surface area (Å²) in [5.74, 6) is 0.368. The zero-order chi connectivity index (χ0) is 16.7. The summed E-state index contributed by atoms with van der Waals surface area (Å²) in [6.07, 6.45) is 0.885. The Morgan fingerprint density at radius 2 is 1.96 bits per heavy atom. The van der Waals surface area contributed by atoms with Crippen LogP contribution < -0.4 is 10.1 Å². The van der Waals surface area contributed by atoms with Gasteiger partial charge in [0.1, 0.15) is 18.2 Å². The van der Waals surface area contributed by atoms with Crippen LogP contribution in [0.2, 0.25) is 5.02 Å². The summed E-state index contributed by atoms with van der Waals surface area (Å²) in [6, 6.07) is 12.1. The van der Waals surface area contributed by atoms with Crippen LogP contribution in [0.4, 0.5) is 4.39 Å². The molecule has 2 rings (SSSR count). The molecule has 0 saturated heterocycles. The van der Waals surface area contributed by atoms with Crippen LogP contribution >= 0.6 is 11.6 Å². The topological polar surface area (TPSA) is 41.5 Å². The second kappa shape index (κ2) is 8.87. The molecule has 0 saturated carbocycles. The highest BCUT2D eigenvalue weighted by atomic mass is 35.5. The maximum Gasteiger partial charge on any atom is 0.124 e. The second-order valence-electron chi connectivity index (χ2n) is 5.34. The van der Waals surface area contributed by atoms with Gasteiger partial charge in [0.25, 0.3) is 0 Å². The van der Waals surface area contributed by atoms with E-state index in [4.69, 9.17) is 21.4 Å². The molecule has 0 amide bonds. The van der Waals surface area contributed by atoms with Crippen molar-refractivity contribution in [3.63, 3.8) is 0 Å². The number of hydrogen-bond acceptors (Lipinski definition) is 3. The molecule has 23 heavy (non-hydrogen) atoms. The summed E-state index contributed by atoms with van der Waals surface area (Å²) < 4.78 is 18.7. The summed E-state index contributed by atoms with van der Waals surface area (Å²) in [7, 11) is 0. The van der Waals surface area contributed by atoms with E-state index >= 15 is 0 Å². The van der Waals surface area contributed by atoms with Gasteiger partial charge in [-0.25, -0.2) is 4.39 Å². The molecule has 2 aromatic rings. The Morgan fingerprint density at radius 3 is 2.57 bits per heavy atom. The van der Waals surface area contributed by atoms with Crippen molar-refractivity contribution in [1.29, 1.82) is 0 Å². The molecule has 2 N–H and O–H groups in total. The molecule has 0 heterocycles. The first-order valence-corrected chi connectivity index (χ1v) is 8.00. The lowest BCUT2D eigenvalue weighted by atomic mass is 10.2. The average molecular weight is 338 g/mol. The molecule has 3 nitrogen and oxygen atoms in total. The van der Waals surface area contributed by atoms with E-state index in [9.17, 15) is 4.39 Å². The Morgan fingerprint density at radius 1 is 1.22 bits per heavy atom. The molecular weight excluding hydrogens is 317 g/mol. The van der Waals surface area contributed by atoms with Gasteiger partial charge >= 0.3 is 0 Å². The molecular formula is C18H21ClFNO2. The summed E-state index contributed by atoms with van der Waals surface area (Å²) in [4.78, 5) is 0. The van der Waals surface area contributed by atoms with Crippen molar-refractivity contribution in [3.8, 4) is 5.75 Å². The van der Waals surface area contributed by atoms with Gasteiger partial charge < -0.3 is 15.2 Å². The van der Waals surface area contributed by atoms with Crippen molar-refractivity contribution in [2.45, 2.75) is 32.5 Å². The van der Waals surface area contributed by atoms with Crippen LogP contribution in [0.25, 0.3) is 0 Å². The summed E-state index contributed by atoms with van der Waals surface area (Å²) in [5.41, 5.74) is 1.86. The molecule has 0 radical (unpaired) electrons. The lowest BCUT2D eigenvalue weighted by molar-refractivity contribution is 0.238. The van der Waals surface area contributed by atoms with Gasteiger partial charge in [-0.2, -0.15) is 0 Å². The highest BCUT2D eigenvalue weighted by Gasteiger charge is 2.05. The maximum atomic E-state index is 13.0. The van der Waals surface area contributed by atoms with E-state index in [1.54, 1.807) is 6.07 Å². The number of halogens is 2. The Kier molecular flexibility index (Phi) is 6.84. The van der Waals surface area contributed by atoms with E-state index in [-0.39, 0.29) is 18.5 Å². The first kappa shape index (κ1) is 17.7. The van der Waals surface area contributed by atoms with Crippen molar-refractivity contribution >= 4 is 11.6 Å². The molecule has 0 bridgehead atoms. The van der Waals surface area contributed by atoms with Gasteiger partial charge in [-0.15, -0.1) is 0 Å². The molecule has 0 aliphatic rings. The van der Waals surface area contributed by atoms with Crippen LogP contribution in [0.3, 0.4) is 0 Å². The highest BCUT2D eigenvalue weighted by molar-refractivity contribution is 6.31. The van der Waals surface area contributed by atoms with E-state index in [0.29, 0.717) is 18.2 Å². The van der Waals surface area contributed by atoms with Crippen molar-refractivity contribution in [2.75, 3.05) is 6.61 Å². The van der Waals surface area contributed by atoms with Crippen molar-refractivity contribution < 1.29 is 14.2 Å². The second-order valence-corrected chi connectivity index (χ2v) is 5.74. The van der Waals surface area contributed by atoms with Gasteiger partial charge in [-0.1, -0.05) is 36.7 Å². The van der Waals surface area contributed by atoms with Crippen LogP contribution in [0.15, 0.2) is 42.5 Å². The third-order valence-corrected chi connectivity index (χ3v) is 3.99. The van der Waals surface area contributed by atoms with Crippen molar-refractivity contribution in [2.24, 2.45) is 0 Å². The van der Waals surface area contributed by atoms with Gasteiger partial charge in [0.2, 0.25) is 0 Å². The fourth-order valence-corrected chi connectivity index (χ4v) is 2.33. The quantitative estimate of drug-likeness (QED) is 0.767. The van der Waals surface area contributed by atoms with Gasteiger partial charge in [-0.05, 0) is 36.2 Å². The van der Waals surface area contributed by atoms with Gasteiger partial charge in [0, 0.05) is 18.2 Å². The monoisotopic (exact) mass is 337 g/mol. The Balaban J connectivity index is 1.87. The van der Waals surface area contributed by atoms with Crippen molar-refractivity contribution in [3.05, 3.63) is 64.4 Å². The average Bonchev–Trinajstić information content (AvgIpc) is 2.56. The Hall–Kier alpha value is -1.62. The largest absolute Gasteiger partial charge is 0.489 e. The van der Waals surface area contributed by atoms with Crippen molar-refractivity contribution in [1.82, 2.24) is 5.32 Å². The van der Waals surface area contributed by atoms with Gasteiger partial charge in [-0.3, -0.25) is 0 Å². The van der Waals surface area contributed by atoms with Gasteiger partial charge in [0.05, 0.1) is 11.6 Å². The third kappa shape index (κ3) is 5.50. The zero-order valence-corrected chi connectivity index (χ0v) is 13.8. The van der Waals surface area contributed by atoms with Crippen LogP contribution in [-0.4, -0.2) is 17.8 Å². The van der Waals surface area contributed by atoms with Crippen LogP contribution in [0.5, 0.6) is 5.75 Å². The molecule has 0 spiro atoms. The fraction of sp³-hybridized carbons (Fsp3) is 0.333. The predicted octanol–water partition coefficient (Wildman–Crippen LogP) is 3.92. The Labute approximate surface area is 141 Å². The number of benzene rings is 2. The SMILES string of the molecule is CCC(CO)NCc1ccc(OCc2ccc(F)cc2Cl)cc1. The zero-order valence-electron chi connectivity index (χ0n) is 13.1.